The molecule has 15 heavy (non-hydrogen) atoms. The van der Waals surface area contributed by atoms with Crippen molar-refractivity contribution < 1.29 is 14.3 Å². The number of hydrogen-bond donors (Lipinski definition) is 1. The summed E-state index contributed by atoms with van der Waals surface area (Å²) in [7, 11) is 0. The number of aromatic hydroxyl groups is 1. The molecule has 1 aromatic carbocycles. The van der Waals surface area contributed by atoms with E-state index in [1.807, 2.05) is 0 Å². The molecule has 0 aliphatic rings. The maximum Gasteiger partial charge on any atom is 0.192 e. The summed E-state index contributed by atoms with van der Waals surface area (Å²) in [4.78, 5) is 22.5. The molecule has 0 fully saturated rings. The van der Waals surface area contributed by atoms with Gasteiger partial charge >= 0.3 is 0 Å². The molecule has 0 radical (unpaired) electrons. The molecule has 2 rings (SSSR count). The average Bonchev–Trinajstić information content (AvgIpc) is 2.16. The minimum Gasteiger partial charge on any atom is -0.507 e. The van der Waals surface area contributed by atoms with Crippen LogP contribution in [0.1, 0.15) is 17.3 Å². The van der Waals surface area contributed by atoms with Gasteiger partial charge in [0.25, 0.3) is 0 Å². The number of carbonyl (C=O) groups excluding carboxylic acids is 1. The van der Waals surface area contributed by atoms with E-state index >= 15 is 0 Å². The molecule has 76 valence electrons. The molecule has 0 saturated carbocycles. The third-order valence-electron chi connectivity index (χ3n) is 2.16. The molecule has 0 amide bonds. The highest BCUT2D eigenvalue weighted by Crippen LogP contribution is 2.23. The van der Waals surface area contributed by atoms with Crippen LogP contribution in [0.25, 0.3) is 11.0 Å². The fourth-order valence-corrected chi connectivity index (χ4v) is 1.40. The molecule has 2 aromatic rings. The van der Waals surface area contributed by atoms with Crippen LogP contribution in [-0.2, 0) is 0 Å². The van der Waals surface area contributed by atoms with Crippen LogP contribution >= 0.6 is 0 Å². The Morgan fingerprint density at radius 2 is 2.13 bits per heavy atom. The summed E-state index contributed by atoms with van der Waals surface area (Å²) < 4.78 is 5.04. The van der Waals surface area contributed by atoms with Crippen LogP contribution in [0.15, 0.2) is 33.7 Å². The standard InChI is InChI=1S/C11H8O4/c1-6(12)7-4-8-9(13)2-3-15-11(8)5-10(7)14/h2-5,14H,1H3. The zero-order valence-electron chi connectivity index (χ0n) is 7.98. The van der Waals surface area contributed by atoms with E-state index in [0.717, 1.165) is 0 Å². The molecule has 0 aliphatic heterocycles. The topological polar surface area (TPSA) is 67.5 Å². The summed E-state index contributed by atoms with van der Waals surface area (Å²) in [5, 5.41) is 9.78. The van der Waals surface area contributed by atoms with Gasteiger partial charge in [-0.05, 0) is 13.0 Å². The third kappa shape index (κ3) is 1.50. The summed E-state index contributed by atoms with van der Waals surface area (Å²) in [6.45, 7) is 1.32. The van der Waals surface area contributed by atoms with Gasteiger partial charge in [-0.15, -0.1) is 0 Å². The quantitative estimate of drug-likeness (QED) is 0.718. The smallest absolute Gasteiger partial charge is 0.192 e. The van der Waals surface area contributed by atoms with Crippen molar-refractivity contribution in [2.24, 2.45) is 0 Å². The van der Waals surface area contributed by atoms with E-state index in [1.54, 1.807) is 0 Å². The fraction of sp³-hybridized carbons (Fsp3) is 0.0909. The first-order valence-electron chi connectivity index (χ1n) is 4.35. The van der Waals surface area contributed by atoms with Gasteiger partial charge in [0.2, 0.25) is 0 Å². The molecule has 1 N–H and O–H groups in total. The van der Waals surface area contributed by atoms with Gasteiger partial charge in [-0.1, -0.05) is 0 Å². The second-order valence-corrected chi connectivity index (χ2v) is 3.21. The minimum absolute atomic E-state index is 0.126. The van der Waals surface area contributed by atoms with Gasteiger partial charge in [0, 0.05) is 12.1 Å². The van der Waals surface area contributed by atoms with Crippen LogP contribution in [0.5, 0.6) is 5.75 Å². The monoisotopic (exact) mass is 204 g/mol. The molecule has 1 heterocycles. The Bertz CT molecular complexity index is 595. The van der Waals surface area contributed by atoms with Crippen LogP contribution in [0.4, 0.5) is 0 Å². The first-order valence-corrected chi connectivity index (χ1v) is 4.35. The second-order valence-electron chi connectivity index (χ2n) is 3.21. The van der Waals surface area contributed by atoms with Crippen molar-refractivity contribution in [2.75, 3.05) is 0 Å². The number of rotatable bonds is 1. The summed E-state index contributed by atoms with van der Waals surface area (Å²) in [5.41, 5.74) is 0.157. The Morgan fingerprint density at radius 1 is 1.40 bits per heavy atom. The Kier molecular flexibility index (Phi) is 2.04. The number of carbonyl (C=O) groups is 1. The van der Waals surface area contributed by atoms with Crippen LogP contribution in [0.3, 0.4) is 0 Å². The van der Waals surface area contributed by atoms with Gasteiger partial charge in [-0.3, -0.25) is 9.59 Å². The maximum absolute atomic E-state index is 11.4. The maximum atomic E-state index is 11.4. The number of ketones is 1. The van der Waals surface area contributed by atoms with E-state index in [2.05, 4.69) is 0 Å². The van der Waals surface area contributed by atoms with Crippen molar-refractivity contribution in [2.45, 2.75) is 6.92 Å². The summed E-state index contributed by atoms with van der Waals surface area (Å²) in [6.07, 6.45) is 1.25. The Morgan fingerprint density at radius 3 is 2.80 bits per heavy atom. The molecule has 4 nitrogen and oxygen atoms in total. The lowest BCUT2D eigenvalue weighted by molar-refractivity contribution is 0.101. The molecule has 0 bridgehead atoms. The predicted octanol–water partition coefficient (Wildman–Crippen LogP) is 1.70. The molecular formula is C11H8O4. The average molecular weight is 204 g/mol. The Hall–Kier alpha value is -2.10. The van der Waals surface area contributed by atoms with Crippen LogP contribution in [0.2, 0.25) is 0 Å². The molecule has 0 unspecified atom stereocenters. The lowest BCUT2D eigenvalue weighted by Gasteiger charge is -2.01. The second kappa shape index (κ2) is 3.24. The van der Waals surface area contributed by atoms with Gasteiger partial charge in [0.15, 0.2) is 11.2 Å². The van der Waals surface area contributed by atoms with Crippen LogP contribution in [0, 0.1) is 0 Å². The van der Waals surface area contributed by atoms with Gasteiger partial charge < -0.3 is 9.52 Å². The van der Waals surface area contributed by atoms with Crippen molar-refractivity contribution in [1.82, 2.24) is 0 Å². The van der Waals surface area contributed by atoms with Gasteiger partial charge in [-0.25, -0.2) is 0 Å². The van der Waals surface area contributed by atoms with Gasteiger partial charge in [-0.2, -0.15) is 0 Å². The lowest BCUT2D eigenvalue weighted by Crippen LogP contribution is -2.01. The zero-order chi connectivity index (χ0) is 11.0. The first-order chi connectivity index (χ1) is 7.09. The normalized spacial score (nSPS) is 10.5. The SMILES string of the molecule is CC(=O)c1cc2c(=O)ccoc2cc1O. The number of fused-ring (bicyclic) bond motifs is 1. The van der Waals surface area contributed by atoms with E-state index in [4.69, 9.17) is 4.42 Å². The highest BCUT2D eigenvalue weighted by atomic mass is 16.3. The largest absolute Gasteiger partial charge is 0.507 e. The van der Waals surface area contributed by atoms with Crippen molar-refractivity contribution in [3.05, 3.63) is 40.2 Å². The van der Waals surface area contributed by atoms with Crippen LogP contribution < -0.4 is 5.43 Å². The van der Waals surface area contributed by atoms with E-state index in [-0.39, 0.29) is 28.1 Å². The van der Waals surface area contributed by atoms with E-state index in [1.165, 1.54) is 31.4 Å². The summed E-state index contributed by atoms with van der Waals surface area (Å²) in [5.74, 6) is -0.470. The number of hydrogen-bond acceptors (Lipinski definition) is 4. The van der Waals surface area contributed by atoms with Crippen molar-refractivity contribution in [3.8, 4) is 5.75 Å². The third-order valence-corrected chi connectivity index (χ3v) is 2.16. The van der Waals surface area contributed by atoms with E-state index in [0.29, 0.717) is 5.39 Å². The molecule has 0 atom stereocenters. The lowest BCUT2D eigenvalue weighted by atomic mass is 10.1. The molecule has 0 spiro atoms. The van der Waals surface area contributed by atoms with E-state index in [9.17, 15) is 14.7 Å². The van der Waals surface area contributed by atoms with Gasteiger partial charge in [0.05, 0.1) is 17.2 Å². The fourth-order valence-electron chi connectivity index (χ4n) is 1.40. The number of benzene rings is 1. The Labute approximate surface area is 84.8 Å². The van der Waals surface area contributed by atoms with Gasteiger partial charge in [0.1, 0.15) is 11.3 Å². The molecule has 4 heteroatoms. The molecule has 0 aliphatic carbocycles. The van der Waals surface area contributed by atoms with Crippen LogP contribution in [-0.4, -0.2) is 10.9 Å². The zero-order valence-corrected chi connectivity index (χ0v) is 7.98. The van der Waals surface area contributed by atoms with E-state index < -0.39 is 0 Å². The van der Waals surface area contributed by atoms with Crippen molar-refractivity contribution in [1.29, 1.82) is 0 Å². The predicted molar refractivity (Wildman–Crippen MR) is 54.2 cm³/mol. The first kappa shape index (κ1) is 9.45. The summed E-state index contributed by atoms with van der Waals surface area (Å²) >= 11 is 0. The highest BCUT2D eigenvalue weighted by Gasteiger charge is 2.10. The number of phenols is 1. The number of phenolic OH excluding ortho intramolecular Hbond substituents is 1. The minimum atomic E-state index is -0.294. The number of Topliss-reactive ketones (excluding diaryl/α,β-unsaturated/α-hetero) is 1. The molecule has 0 saturated heterocycles. The molecule has 1 aromatic heterocycles. The summed E-state index contributed by atoms with van der Waals surface area (Å²) in [6, 6.07) is 3.88. The van der Waals surface area contributed by atoms with Crippen molar-refractivity contribution >= 4 is 16.8 Å². The molecular weight excluding hydrogens is 196 g/mol. The highest BCUT2D eigenvalue weighted by molar-refractivity contribution is 6.00. The van der Waals surface area contributed by atoms with Crippen molar-refractivity contribution in [3.63, 3.8) is 0 Å². The Balaban J connectivity index is 2.90.